The van der Waals surface area contributed by atoms with E-state index >= 15 is 0 Å². The van der Waals surface area contributed by atoms with E-state index in [0.717, 1.165) is 11.1 Å². The van der Waals surface area contributed by atoms with E-state index in [-0.39, 0.29) is 16.5 Å². The first-order valence-electron chi connectivity index (χ1n) is 8.63. The summed E-state index contributed by atoms with van der Waals surface area (Å²) in [5.41, 5.74) is 3.28. The Balaban J connectivity index is 0.000000948. The van der Waals surface area contributed by atoms with Crippen molar-refractivity contribution in [1.29, 1.82) is 0 Å². The van der Waals surface area contributed by atoms with Crippen LogP contribution in [0.5, 0.6) is 0 Å². The molecule has 0 atom stereocenters. The SMILES string of the molecule is CC.Cc1cc(F)c2cnn(-c3ccc(-c4ccccc4)cc3)c2c1F. The number of aryl methyl sites for hydroxylation is 1. The smallest absolute Gasteiger partial charge is 0.152 e. The van der Waals surface area contributed by atoms with Crippen LogP contribution in [0.25, 0.3) is 27.7 Å². The molecule has 4 rings (SSSR count). The fourth-order valence-electron chi connectivity index (χ4n) is 2.87. The molecule has 0 amide bonds. The molecule has 0 aliphatic carbocycles. The Labute approximate surface area is 151 Å². The first kappa shape index (κ1) is 17.8. The molecule has 0 aliphatic heterocycles. The third-order valence-electron chi connectivity index (χ3n) is 4.14. The molecule has 0 unspecified atom stereocenters. The maximum absolute atomic E-state index is 14.5. The Bertz CT molecular complexity index is 1020. The van der Waals surface area contributed by atoms with Crippen LogP contribution in [-0.4, -0.2) is 9.78 Å². The van der Waals surface area contributed by atoms with Gasteiger partial charge in [0.1, 0.15) is 11.3 Å². The van der Waals surface area contributed by atoms with Crippen LogP contribution < -0.4 is 0 Å². The van der Waals surface area contributed by atoms with Crippen LogP contribution >= 0.6 is 0 Å². The van der Waals surface area contributed by atoms with Crippen LogP contribution in [0.4, 0.5) is 8.78 Å². The van der Waals surface area contributed by atoms with Gasteiger partial charge >= 0.3 is 0 Å². The van der Waals surface area contributed by atoms with Gasteiger partial charge in [-0.3, -0.25) is 0 Å². The van der Waals surface area contributed by atoms with Crippen LogP contribution in [-0.2, 0) is 0 Å². The fourth-order valence-corrected chi connectivity index (χ4v) is 2.87. The third kappa shape index (κ3) is 3.10. The molecule has 0 bridgehead atoms. The van der Waals surface area contributed by atoms with Gasteiger partial charge in [0.15, 0.2) is 5.82 Å². The van der Waals surface area contributed by atoms with Gasteiger partial charge in [0.25, 0.3) is 0 Å². The van der Waals surface area contributed by atoms with Crippen molar-refractivity contribution < 1.29 is 8.78 Å². The van der Waals surface area contributed by atoms with Gasteiger partial charge in [-0.15, -0.1) is 0 Å². The molecule has 132 valence electrons. The highest BCUT2D eigenvalue weighted by Crippen LogP contribution is 2.27. The van der Waals surface area contributed by atoms with Crippen molar-refractivity contribution in [3.63, 3.8) is 0 Å². The topological polar surface area (TPSA) is 17.8 Å². The van der Waals surface area contributed by atoms with Gasteiger partial charge in [-0.2, -0.15) is 5.10 Å². The van der Waals surface area contributed by atoms with E-state index in [1.54, 1.807) is 6.92 Å². The molecule has 3 aromatic carbocycles. The summed E-state index contributed by atoms with van der Waals surface area (Å²) in [5.74, 6) is -0.910. The molecule has 2 nitrogen and oxygen atoms in total. The summed E-state index contributed by atoms with van der Waals surface area (Å²) in [6.45, 7) is 5.55. The van der Waals surface area contributed by atoms with Gasteiger partial charge in [0.2, 0.25) is 0 Å². The van der Waals surface area contributed by atoms with Crippen LogP contribution in [0.2, 0.25) is 0 Å². The molecule has 4 aromatic rings. The average molecular weight is 350 g/mol. The minimum Gasteiger partial charge on any atom is -0.230 e. The number of rotatable bonds is 2. The number of hydrogen-bond acceptors (Lipinski definition) is 1. The Kier molecular flexibility index (Phi) is 5.12. The van der Waals surface area contributed by atoms with Crippen LogP contribution in [0, 0.1) is 18.6 Å². The highest BCUT2D eigenvalue weighted by Gasteiger charge is 2.16. The van der Waals surface area contributed by atoms with Crippen molar-refractivity contribution in [1.82, 2.24) is 9.78 Å². The second-order valence-electron chi connectivity index (χ2n) is 5.72. The average Bonchev–Trinajstić information content (AvgIpc) is 3.14. The van der Waals surface area contributed by atoms with Gasteiger partial charge in [0, 0.05) is 0 Å². The number of aromatic nitrogens is 2. The second kappa shape index (κ2) is 7.48. The summed E-state index contributed by atoms with van der Waals surface area (Å²) in [5, 5.41) is 4.35. The summed E-state index contributed by atoms with van der Waals surface area (Å²) in [4.78, 5) is 0. The first-order chi connectivity index (χ1) is 12.6. The van der Waals surface area contributed by atoms with E-state index in [1.807, 2.05) is 68.4 Å². The third-order valence-corrected chi connectivity index (χ3v) is 4.14. The van der Waals surface area contributed by atoms with Gasteiger partial charge in [-0.1, -0.05) is 56.3 Å². The van der Waals surface area contributed by atoms with Crippen LogP contribution in [0.15, 0.2) is 66.9 Å². The lowest BCUT2D eigenvalue weighted by atomic mass is 10.1. The minimum absolute atomic E-state index is 0.167. The summed E-state index contributed by atoms with van der Waals surface area (Å²) in [6, 6.07) is 18.8. The number of halogens is 2. The maximum Gasteiger partial charge on any atom is 0.152 e. The molecule has 0 aliphatic rings. The molecule has 0 N–H and O–H groups in total. The van der Waals surface area contributed by atoms with E-state index in [1.165, 1.54) is 16.9 Å². The first-order valence-corrected chi connectivity index (χ1v) is 8.63. The molecule has 4 heteroatoms. The molecule has 1 aromatic heterocycles. The van der Waals surface area contributed by atoms with E-state index in [2.05, 4.69) is 5.10 Å². The molecule has 0 saturated carbocycles. The quantitative estimate of drug-likeness (QED) is 0.414. The van der Waals surface area contributed by atoms with Crippen LogP contribution in [0.3, 0.4) is 0 Å². The standard InChI is InChI=1S/C20H14F2N2.C2H6/c1-13-11-18(21)17-12-23-24(20(17)19(13)22)16-9-7-15(8-10-16)14-5-3-2-4-6-14;1-2/h2-12H,1H3;1-2H3. The molecule has 0 spiro atoms. The van der Waals surface area contributed by atoms with Crippen molar-refractivity contribution in [2.45, 2.75) is 20.8 Å². The number of benzene rings is 3. The Hall–Kier alpha value is -3.01. The molecular formula is C22H20F2N2. The molecule has 1 heterocycles. The summed E-state index contributed by atoms with van der Waals surface area (Å²) < 4.78 is 29.9. The zero-order valence-electron chi connectivity index (χ0n) is 15.0. The Morgan fingerprint density at radius 2 is 1.46 bits per heavy atom. The number of nitrogens with zero attached hydrogens (tertiary/aromatic N) is 2. The molecular weight excluding hydrogens is 330 g/mol. The zero-order chi connectivity index (χ0) is 18.7. The van der Waals surface area contributed by atoms with Crippen molar-refractivity contribution in [2.24, 2.45) is 0 Å². The Morgan fingerprint density at radius 3 is 2.12 bits per heavy atom. The number of hydrogen-bond donors (Lipinski definition) is 0. The summed E-state index contributed by atoms with van der Waals surface area (Å²) in [6.07, 6.45) is 1.36. The second-order valence-corrected chi connectivity index (χ2v) is 5.72. The highest BCUT2D eigenvalue weighted by atomic mass is 19.1. The minimum atomic E-state index is -0.462. The monoisotopic (exact) mass is 350 g/mol. The van der Waals surface area contributed by atoms with Gasteiger partial charge in [0.05, 0.1) is 17.3 Å². The zero-order valence-corrected chi connectivity index (χ0v) is 15.0. The van der Waals surface area contributed by atoms with Crippen molar-refractivity contribution in [3.05, 3.63) is 84.1 Å². The predicted octanol–water partition coefficient (Wildman–Crippen LogP) is 6.31. The highest BCUT2D eigenvalue weighted by molar-refractivity contribution is 5.82. The van der Waals surface area contributed by atoms with E-state index in [4.69, 9.17) is 0 Å². The van der Waals surface area contributed by atoms with Gasteiger partial charge < -0.3 is 0 Å². The molecule has 26 heavy (non-hydrogen) atoms. The Morgan fingerprint density at radius 1 is 0.846 bits per heavy atom. The van der Waals surface area contributed by atoms with Gasteiger partial charge in [-0.25, -0.2) is 13.5 Å². The van der Waals surface area contributed by atoms with E-state index in [0.29, 0.717) is 5.69 Å². The molecule has 0 radical (unpaired) electrons. The van der Waals surface area contributed by atoms with Crippen molar-refractivity contribution >= 4 is 10.9 Å². The molecule has 0 fully saturated rings. The summed E-state index contributed by atoms with van der Waals surface area (Å²) in [7, 11) is 0. The van der Waals surface area contributed by atoms with E-state index in [9.17, 15) is 8.78 Å². The van der Waals surface area contributed by atoms with Gasteiger partial charge in [-0.05, 0) is 41.8 Å². The fraction of sp³-hybridized carbons (Fsp3) is 0.136. The van der Waals surface area contributed by atoms with Crippen molar-refractivity contribution in [3.8, 4) is 16.8 Å². The lowest BCUT2D eigenvalue weighted by Gasteiger charge is -2.08. The lowest BCUT2D eigenvalue weighted by Crippen LogP contribution is -1.99. The van der Waals surface area contributed by atoms with Crippen LogP contribution in [0.1, 0.15) is 19.4 Å². The lowest BCUT2D eigenvalue weighted by molar-refractivity contribution is 0.605. The maximum atomic E-state index is 14.5. The summed E-state index contributed by atoms with van der Waals surface area (Å²) >= 11 is 0. The van der Waals surface area contributed by atoms with Crippen molar-refractivity contribution in [2.75, 3.05) is 0 Å². The molecule has 0 saturated heterocycles. The normalized spacial score (nSPS) is 10.5. The van der Waals surface area contributed by atoms with E-state index < -0.39 is 11.6 Å². The number of fused-ring (bicyclic) bond motifs is 1. The predicted molar refractivity (Wildman–Crippen MR) is 103 cm³/mol. The largest absolute Gasteiger partial charge is 0.230 e.